The van der Waals surface area contributed by atoms with Crippen LogP contribution < -0.4 is 5.32 Å². The molecule has 0 aromatic heterocycles. The van der Waals surface area contributed by atoms with Gasteiger partial charge in [-0.05, 0) is 17.5 Å². The monoisotopic (exact) mass is 267 g/mol. The molecule has 0 heterocycles. The molecule has 1 aromatic rings. The Kier molecular flexibility index (Phi) is 6.73. The summed E-state index contributed by atoms with van der Waals surface area (Å²) in [6.07, 6.45) is 2.40. The van der Waals surface area contributed by atoms with Gasteiger partial charge in [0.2, 0.25) is 0 Å². The molecule has 102 valence electrons. The van der Waals surface area contributed by atoms with Crippen molar-refractivity contribution in [1.29, 1.82) is 0 Å². The summed E-state index contributed by atoms with van der Waals surface area (Å²) in [5.74, 6) is 1.20. The van der Waals surface area contributed by atoms with E-state index >= 15 is 0 Å². The first-order valence-corrected chi connectivity index (χ1v) is 7.45. The minimum absolute atomic E-state index is 0.510. The standard InChI is InChI=1S/C16H26ClN/c1-5-13(6-2)15(11-18-12(3)4)14-9-7-8-10-16(14)17/h7-10,12-13,15,18H,5-6,11H2,1-4H3. The van der Waals surface area contributed by atoms with Crippen LogP contribution in [0.3, 0.4) is 0 Å². The summed E-state index contributed by atoms with van der Waals surface area (Å²) in [5.41, 5.74) is 1.29. The van der Waals surface area contributed by atoms with Gasteiger partial charge < -0.3 is 5.32 Å². The molecule has 0 amide bonds. The van der Waals surface area contributed by atoms with Crippen LogP contribution in [-0.4, -0.2) is 12.6 Å². The number of nitrogens with one attached hydrogen (secondary N) is 1. The summed E-state index contributed by atoms with van der Waals surface area (Å²) in [4.78, 5) is 0. The number of benzene rings is 1. The number of rotatable bonds is 7. The van der Waals surface area contributed by atoms with E-state index in [-0.39, 0.29) is 0 Å². The lowest BCUT2D eigenvalue weighted by Crippen LogP contribution is -2.31. The summed E-state index contributed by atoms with van der Waals surface area (Å²) < 4.78 is 0. The van der Waals surface area contributed by atoms with Gasteiger partial charge in [-0.15, -0.1) is 0 Å². The van der Waals surface area contributed by atoms with E-state index < -0.39 is 0 Å². The summed E-state index contributed by atoms with van der Waals surface area (Å²) in [7, 11) is 0. The Balaban J connectivity index is 2.92. The van der Waals surface area contributed by atoms with Crippen molar-refractivity contribution in [3.05, 3.63) is 34.9 Å². The van der Waals surface area contributed by atoms with Gasteiger partial charge in [0.1, 0.15) is 0 Å². The highest BCUT2D eigenvalue weighted by molar-refractivity contribution is 6.31. The van der Waals surface area contributed by atoms with Crippen molar-refractivity contribution in [2.45, 2.75) is 52.5 Å². The molecule has 2 heteroatoms. The lowest BCUT2D eigenvalue weighted by molar-refractivity contribution is 0.370. The third kappa shape index (κ3) is 4.29. The van der Waals surface area contributed by atoms with E-state index in [1.54, 1.807) is 0 Å². The Morgan fingerprint density at radius 2 is 1.72 bits per heavy atom. The summed E-state index contributed by atoms with van der Waals surface area (Å²) in [6, 6.07) is 8.79. The van der Waals surface area contributed by atoms with Gasteiger partial charge in [-0.3, -0.25) is 0 Å². The first kappa shape index (κ1) is 15.5. The molecule has 1 unspecified atom stereocenters. The van der Waals surface area contributed by atoms with E-state index in [9.17, 15) is 0 Å². The van der Waals surface area contributed by atoms with E-state index in [4.69, 9.17) is 11.6 Å². The van der Waals surface area contributed by atoms with Crippen molar-refractivity contribution >= 4 is 11.6 Å². The minimum Gasteiger partial charge on any atom is -0.314 e. The average Bonchev–Trinajstić information content (AvgIpc) is 2.35. The van der Waals surface area contributed by atoms with Gasteiger partial charge in [0.15, 0.2) is 0 Å². The zero-order valence-electron chi connectivity index (χ0n) is 12.0. The van der Waals surface area contributed by atoms with Crippen molar-refractivity contribution in [3.63, 3.8) is 0 Å². The van der Waals surface area contributed by atoms with Crippen LogP contribution in [-0.2, 0) is 0 Å². The second-order valence-electron chi connectivity index (χ2n) is 5.27. The fourth-order valence-corrected chi connectivity index (χ4v) is 2.80. The predicted octanol–water partition coefficient (Wildman–Crippen LogP) is 4.86. The Morgan fingerprint density at radius 1 is 1.11 bits per heavy atom. The SMILES string of the molecule is CCC(CC)C(CNC(C)C)c1ccccc1Cl. The third-order valence-corrected chi connectivity index (χ3v) is 4.01. The number of hydrogen-bond acceptors (Lipinski definition) is 1. The van der Waals surface area contributed by atoms with Gasteiger partial charge in [0.05, 0.1) is 0 Å². The fourth-order valence-electron chi connectivity index (χ4n) is 2.53. The van der Waals surface area contributed by atoms with Crippen molar-refractivity contribution < 1.29 is 0 Å². The van der Waals surface area contributed by atoms with Crippen molar-refractivity contribution in [1.82, 2.24) is 5.32 Å². The molecule has 0 radical (unpaired) electrons. The molecule has 0 spiro atoms. The van der Waals surface area contributed by atoms with Crippen LogP contribution in [0.5, 0.6) is 0 Å². The highest BCUT2D eigenvalue weighted by Gasteiger charge is 2.22. The second-order valence-corrected chi connectivity index (χ2v) is 5.67. The first-order valence-electron chi connectivity index (χ1n) is 7.07. The summed E-state index contributed by atoms with van der Waals surface area (Å²) in [6.45, 7) is 9.93. The highest BCUT2D eigenvalue weighted by atomic mass is 35.5. The minimum atomic E-state index is 0.510. The zero-order valence-corrected chi connectivity index (χ0v) is 12.8. The lowest BCUT2D eigenvalue weighted by atomic mass is 9.82. The largest absolute Gasteiger partial charge is 0.314 e. The van der Waals surface area contributed by atoms with Crippen molar-refractivity contribution in [2.24, 2.45) is 5.92 Å². The maximum absolute atomic E-state index is 6.36. The second kappa shape index (κ2) is 7.81. The molecule has 1 rings (SSSR count). The molecule has 0 bridgehead atoms. The third-order valence-electron chi connectivity index (χ3n) is 3.67. The average molecular weight is 268 g/mol. The van der Waals surface area contributed by atoms with Gasteiger partial charge in [-0.25, -0.2) is 0 Å². The molecule has 0 saturated carbocycles. The number of halogens is 1. The maximum Gasteiger partial charge on any atom is 0.0441 e. The highest BCUT2D eigenvalue weighted by Crippen LogP contribution is 2.33. The summed E-state index contributed by atoms with van der Waals surface area (Å²) in [5, 5.41) is 4.46. The molecule has 1 N–H and O–H groups in total. The molecular weight excluding hydrogens is 242 g/mol. The van der Waals surface area contributed by atoms with Crippen LogP contribution in [0, 0.1) is 5.92 Å². The predicted molar refractivity (Wildman–Crippen MR) is 81.4 cm³/mol. The molecule has 1 nitrogen and oxygen atoms in total. The topological polar surface area (TPSA) is 12.0 Å². The Morgan fingerprint density at radius 3 is 2.22 bits per heavy atom. The van der Waals surface area contributed by atoms with Crippen LogP contribution in [0.2, 0.25) is 5.02 Å². The van der Waals surface area contributed by atoms with E-state index in [1.807, 2.05) is 12.1 Å². The summed E-state index contributed by atoms with van der Waals surface area (Å²) >= 11 is 6.36. The van der Waals surface area contributed by atoms with Crippen LogP contribution in [0.1, 0.15) is 52.0 Å². The normalized spacial score (nSPS) is 13.3. The van der Waals surface area contributed by atoms with Crippen molar-refractivity contribution in [3.8, 4) is 0 Å². The quantitative estimate of drug-likeness (QED) is 0.744. The van der Waals surface area contributed by atoms with Crippen LogP contribution in [0.4, 0.5) is 0 Å². The lowest BCUT2D eigenvalue weighted by Gasteiger charge is -2.28. The molecule has 18 heavy (non-hydrogen) atoms. The van der Waals surface area contributed by atoms with Gasteiger partial charge >= 0.3 is 0 Å². The molecule has 0 aliphatic heterocycles. The van der Waals surface area contributed by atoms with E-state index in [1.165, 1.54) is 18.4 Å². The van der Waals surface area contributed by atoms with E-state index in [0.29, 0.717) is 17.9 Å². The molecule has 0 saturated heterocycles. The molecule has 1 atom stereocenters. The Hall–Kier alpha value is -0.530. The Labute approximate surface area is 117 Å². The maximum atomic E-state index is 6.36. The van der Waals surface area contributed by atoms with Gasteiger partial charge in [-0.1, -0.05) is 70.3 Å². The van der Waals surface area contributed by atoms with Crippen LogP contribution in [0.25, 0.3) is 0 Å². The van der Waals surface area contributed by atoms with E-state index in [0.717, 1.165) is 11.6 Å². The van der Waals surface area contributed by atoms with Gasteiger partial charge in [-0.2, -0.15) is 0 Å². The zero-order chi connectivity index (χ0) is 13.5. The first-order chi connectivity index (χ1) is 8.60. The molecule has 1 aromatic carbocycles. The molecular formula is C16H26ClN. The van der Waals surface area contributed by atoms with E-state index in [2.05, 4.69) is 45.1 Å². The van der Waals surface area contributed by atoms with Gasteiger partial charge in [0.25, 0.3) is 0 Å². The molecule has 0 fully saturated rings. The fraction of sp³-hybridized carbons (Fsp3) is 0.625. The smallest absolute Gasteiger partial charge is 0.0441 e. The Bertz CT molecular complexity index is 345. The van der Waals surface area contributed by atoms with Crippen molar-refractivity contribution in [2.75, 3.05) is 6.54 Å². The van der Waals surface area contributed by atoms with Gasteiger partial charge in [0, 0.05) is 23.5 Å². The number of hydrogen-bond donors (Lipinski definition) is 1. The van der Waals surface area contributed by atoms with Crippen LogP contribution in [0.15, 0.2) is 24.3 Å². The molecule has 0 aliphatic rings. The molecule has 0 aliphatic carbocycles. The van der Waals surface area contributed by atoms with Crippen LogP contribution >= 0.6 is 11.6 Å².